The van der Waals surface area contributed by atoms with E-state index in [1.165, 1.54) is 0 Å². The summed E-state index contributed by atoms with van der Waals surface area (Å²) in [5.41, 5.74) is 0.617. The number of hydrogen-bond acceptors (Lipinski definition) is 4. The molecule has 1 aromatic carbocycles. The molecule has 0 aliphatic carbocycles. The Morgan fingerprint density at radius 2 is 1.87 bits per heavy atom. The van der Waals surface area contributed by atoms with Crippen molar-refractivity contribution in [3.8, 4) is 5.75 Å². The number of Topliss-reactive ketones (excluding diaryl/α,β-unsaturated/α-hetero) is 1. The van der Waals surface area contributed by atoms with E-state index < -0.39 is 12.0 Å². The maximum atomic E-state index is 12.1. The van der Waals surface area contributed by atoms with Gasteiger partial charge in [-0.3, -0.25) is 9.59 Å². The largest absolute Gasteiger partial charge is 0.494 e. The molecule has 0 fully saturated rings. The van der Waals surface area contributed by atoms with Crippen LogP contribution in [0.4, 0.5) is 0 Å². The van der Waals surface area contributed by atoms with E-state index in [2.05, 4.69) is 5.32 Å². The normalized spacial score (nSPS) is 13.3. The Kier molecular flexibility index (Phi) is 8.33. The zero-order valence-corrected chi connectivity index (χ0v) is 14.2. The predicted molar refractivity (Wildman–Crippen MR) is 90.1 cm³/mol. The lowest BCUT2D eigenvalue weighted by Gasteiger charge is -2.19. The molecular formula is C18H27NO4. The van der Waals surface area contributed by atoms with Crippen LogP contribution in [-0.4, -0.2) is 36.1 Å². The molecule has 128 valence electrons. The van der Waals surface area contributed by atoms with Gasteiger partial charge in [0.05, 0.1) is 6.61 Å². The summed E-state index contributed by atoms with van der Waals surface area (Å²) in [6, 6.07) is 6.45. The van der Waals surface area contributed by atoms with Crippen molar-refractivity contribution in [2.24, 2.45) is 5.92 Å². The third-order valence-electron chi connectivity index (χ3n) is 3.84. The van der Waals surface area contributed by atoms with Gasteiger partial charge in [0.2, 0.25) is 0 Å². The number of aliphatic carboxylic acids is 1. The fourth-order valence-electron chi connectivity index (χ4n) is 2.21. The Bertz CT molecular complexity index is 498. The van der Waals surface area contributed by atoms with Crippen molar-refractivity contribution in [1.82, 2.24) is 5.32 Å². The van der Waals surface area contributed by atoms with Crippen molar-refractivity contribution >= 4 is 11.8 Å². The van der Waals surface area contributed by atoms with Gasteiger partial charge in [-0.15, -0.1) is 0 Å². The van der Waals surface area contributed by atoms with E-state index in [0.717, 1.165) is 18.6 Å². The number of nitrogens with one attached hydrogen (secondary N) is 1. The number of carbonyl (C=O) groups is 2. The van der Waals surface area contributed by atoms with Gasteiger partial charge in [0.15, 0.2) is 5.78 Å². The van der Waals surface area contributed by atoms with E-state index in [1.807, 2.05) is 20.8 Å². The molecule has 0 amide bonds. The maximum absolute atomic E-state index is 12.1. The average molecular weight is 321 g/mol. The molecule has 23 heavy (non-hydrogen) atoms. The minimum absolute atomic E-state index is 0.00664. The molecule has 2 N–H and O–H groups in total. The summed E-state index contributed by atoms with van der Waals surface area (Å²) in [6.45, 7) is 6.89. The molecule has 0 saturated carbocycles. The molecular weight excluding hydrogens is 294 g/mol. The molecule has 0 heterocycles. The molecule has 0 saturated heterocycles. The Morgan fingerprint density at radius 3 is 2.39 bits per heavy atom. The van der Waals surface area contributed by atoms with Crippen molar-refractivity contribution in [3.63, 3.8) is 0 Å². The van der Waals surface area contributed by atoms with Gasteiger partial charge in [-0.25, -0.2) is 0 Å². The molecule has 5 heteroatoms. The average Bonchev–Trinajstić information content (AvgIpc) is 2.56. The number of hydrogen-bond donors (Lipinski definition) is 2. The second kappa shape index (κ2) is 10.0. The van der Waals surface area contributed by atoms with E-state index >= 15 is 0 Å². The van der Waals surface area contributed by atoms with Gasteiger partial charge < -0.3 is 15.2 Å². The third-order valence-corrected chi connectivity index (χ3v) is 3.84. The van der Waals surface area contributed by atoms with Crippen molar-refractivity contribution in [1.29, 1.82) is 0 Å². The highest BCUT2D eigenvalue weighted by Crippen LogP contribution is 2.14. The highest BCUT2D eigenvalue weighted by molar-refractivity contribution is 5.96. The van der Waals surface area contributed by atoms with Gasteiger partial charge in [-0.1, -0.05) is 27.2 Å². The van der Waals surface area contributed by atoms with E-state index in [-0.39, 0.29) is 18.1 Å². The Hall–Kier alpha value is -1.88. The number of ketones is 1. The molecule has 0 aliphatic heterocycles. The topological polar surface area (TPSA) is 75.6 Å². The number of rotatable bonds is 11. The summed E-state index contributed by atoms with van der Waals surface area (Å²) in [4.78, 5) is 23.3. The number of carboxylic acid groups (broad SMARTS) is 1. The molecule has 1 aromatic rings. The van der Waals surface area contributed by atoms with Crippen LogP contribution < -0.4 is 10.1 Å². The monoisotopic (exact) mass is 321 g/mol. The summed E-state index contributed by atoms with van der Waals surface area (Å²) in [5.74, 6) is -0.0982. The highest BCUT2D eigenvalue weighted by Gasteiger charge is 2.22. The Labute approximate surface area is 138 Å². The first-order valence-electron chi connectivity index (χ1n) is 8.21. The molecule has 5 nitrogen and oxygen atoms in total. The van der Waals surface area contributed by atoms with E-state index in [4.69, 9.17) is 4.74 Å². The second-order valence-electron chi connectivity index (χ2n) is 5.70. The van der Waals surface area contributed by atoms with E-state index in [0.29, 0.717) is 18.7 Å². The Balaban J connectivity index is 2.48. The fraction of sp³-hybridized carbons (Fsp3) is 0.556. The standard InChI is InChI=1S/C18H27NO4/c1-4-12-23-15-8-6-14(7-9-15)16(20)10-11-19-17(18(21)22)13(3)5-2/h6-9,13,17,19H,4-5,10-12H2,1-3H3,(H,21,22). The number of carbonyl (C=O) groups excluding carboxylic acids is 1. The summed E-state index contributed by atoms with van der Waals surface area (Å²) < 4.78 is 5.48. The van der Waals surface area contributed by atoms with Crippen molar-refractivity contribution in [3.05, 3.63) is 29.8 Å². The number of ether oxygens (including phenoxy) is 1. The van der Waals surface area contributed by atoms with Crippen LogP contribution in [0.5, 0.6) is 5.75 Å². The van der Waals surface area contributed by atoms with Crippen LogP contribution >= 0.6 is 0 Å². The molecule has 1 rings (SSSR count). The lowest BCUT2D eigenvalue weighted by molar-refractivity contribution is -0.140. The minimum atomic E-state index is -0.871. The first kappa shape index (κ1) is 19.2. The van der Waals surface area contributed by atoms with Gasteiger partial charge in [0, 0.05) is 18.5 Å². The van der Waals surface area contributed by atoms with Gasteiger partial charge in [0.25, 0.3) is 0 Å². The molecule has 2 atom stereocenters. The van der Waals surface area contributed by atoms with E-state index in [1.54, 1.807) is 24.3 Å². The molecule has 0 spiro atoms. The lowest BCUT2D eigenvalue weighted by Crippen LogP contribution is -2.42. The zero-order chi connectivity index (χ0) is 17.2. The number of carboxylic acids is 1. The molecule has 0 radical (unpaired) electrons. The van der Waals surface area contributed by atoms with Crippen LogP contribution in [-0.2, 0) is 4.79 Å². The first-order valence-corrected chi connectivity index (χ1v) is 8.21. The van der Waals surface area contributed by atoms with Gasteiger partial charge in [-0.2, -0.15) is 0 Å². The smallest absolute Gasteiger partial charge is 0.320 e. The van der Waals surface area contributed by atoms with Crippen molar-refractivity contribution in [2.45, 2.75) is 46.1 Å². The molecule has 2 unspecified atom stereocenters. The second-order valence-corrected chi connectivity index (χ2v) is 5.70. The molecule has 0 bridgehead atoms. The molecule has 0 aliphatic rings. The summed E-state index contributed by atoms with van der Waals surface area (Å²) >= 11 is 0. The first-order chi connectivity index (χ1) is 11.0. The Morgan fingerprint density at radius 1 is 1.22 bits per heavy atom. The van der Waals surface area contributed by atoms with Crippen molar-refractivity contribution in [2.75, 3.05) is 13.2 Å². The summed E-state index contributed by atoms with van der Waals surface area (Å²) in [6.07, 6.45) is 1.99. The zero-order valence-electron chi connectivity index (χ0n) is 14.2. The molecule has 0 aromatic heterocycles. The highest BCUT2D eigenvalue weighted by atomic mass is 16.5. The van der Waals surface area contributed by atoms with E-state index in [9.17, 15) is 14.7 Å². The fourth-order valence-corrected chi connectivity index (χ4v) is 2.21. The van der Waals surface area contributed by atoms with Crippen LogP contribution in [0.15, 0.2) is 24.3 Å². The maximum Gasteiger partial charge on any atom is 0.320 e. The van der Waals surface area contributed by atoms with Gasteiger partial charge >= 0.3 is 5.97 Å². The van der Waals surface area contributed by atoms with Crippen LogP contribution in [0.25, 0.3) is 0 Å². The van der Waals surface area contributed by atoms with Crippen LogP contribution in [0.2, 0.25) is 0 Å². The number of benzene rings is 1. The lowest BCUT2D eigenvalue weighted by atomic mass is 9.99. The SMILES string of the molecule is CCCOc1ccc(C(=O)CCNC(C(=O)O)C(C)CC)cc1. The quantitative estimate of drug-likeness (QED) is 0.612. The minimum Gasteiger partial charge on any atom is -0.494 e. The van der Waals surface area contributed by atoms with Crippen LogP contribution in [0, 0.1) is 5.92 Å². The summed E-state index contributed by atoms with van der Waals surface area (Å²) in [7, 11) is 0. The van der Waals surface area contributed by atoms with Gasteiger partial charge in [-0.05, 0) is 36.6 Å². The predicted octanol–water partition coefficient (Wildman–Crippen LogP) is 3.14. The van der Waals surface area contributed by atoms with Gasteiger partial charge in [0.1, 0.15) is 11.8 Å². The van der Waals surface area contributed by atoms with Crippen LogP contribution in [0.3, 0.4) is 0 Å². The van der Waals surface area contributed by atoms with Crippen LogP contribution in [0.1, 0.15) is 50.4 Å². The summed E-state index contributed by atoms with van der Waals surface area (Å²) in [5, 5.41) is 12.2. The van der Waals surface area contributed by atoms with Crippen molar-refractivity contribution < 1.29 is 19.4 Å². The third kappa shape index (κ3) is 6.40.